The molecule has 3 aromatic rings. The summed E-state index contributed by atoms with van der Waals surface area (Å²) in [5, 5.41) is 7.77. The number of likely N-dealkylation sites (tertiary alicyclic amines) is 1. The zero-order chi connectivity index (χ0) is 16.4. The molecule has 2 atom stereocenters. The Morgan fingerprint density at radius 1 is 1.38 bits per heavy atom. The zero-order valence-corrected chi connectivity index (χ0v) is 14.2. The van der Waals surface area contributed by atoms with Crippen molar-refractivity contribution in [2.75, 3.05) is 13.1 Å². The van der Waals surface area contributed by atoms with Gasteiger partial charge in [0.25, 0.3) is 0 Å². The first-order valence-electron chi connectivity index (χ1n) is 8.32. The fourth-order valence-electron chi connectivity index (χ4n) is 3.50. The predicted molar refractivity (Wildman–Crippen MR) is 95.8 cm³/mol. The van der Waals surface area contributed by atoms with Crippen LogP contribution in [0.25, 0.3) is 10.9 Å². The molecule has 126 valence electrons. The van der Waals surface area contributed by atoms with E-state index in [9.17, 15) is 4.39 Å². The van der Waals surface area contributed by atoms with Gasteiger partial charge in [-0.2, -0.15) is 0 Å². The maximum atomic E-state index is 13.9. The zero-order valence-electron chi connectivity index (χ0n) is 13.4. The molecule has 2 N–H and O–H groups in total. The quantitative estimate of drug-likeness (QED) is 0.721. The Kier molecular flexibility index (Phi) is 4.60. The third kappa shape index (κ3) is 3.36. The maximum Gasteiger partial charge on any atom is 0.114 e. The molecule has 4 nitrogen and oxygen atoms in total. The summed E-state index contributed by atoms with van der Waals surface area (Å²) >= 11 is 1.64. The van der Waals surface area contributed by atoms with Gasteiger partial charge in [0.15, 0.2) is 0 Å². The number of nitrogens with one attached hydrogen (secondary N) is 2. The summed E-state index contributed by atoms with van der Waals surface area (Å²) in [6.45, 7) is 2.84. The summed E-state index contributed by atoms with van der Waals surface area (Å²) < 4.78 is 13.9. The van der Waals surface area contributed by atoms with Crippen LogP contribution in [-0.4, -0.2) is 40.2 Å². The lowest BCUT2D eigenvalue weighted by Gasteiger charge is -2.23. The number of nitrogens with zero attached hydrogens (tertiary/aromatic N) is 2. The van der Waals surface area contributed by atoms with E-state index in [1.807, 2.05) is 17.8 Å². The van der Waals surface area contributed by atoms with Crippen molar-refractivity contribution in [3.8, 4) is 0 Å². The Morgan fingerprint density at radius 2 is 2.33 bits per heavy atom. The number of rotatable bonds is 6. The summed E-state index contributed by atoms with van der Waals surface area (Å²) in [5.74, 6) is 0. The standard InChI is InChI=1S/C18H21FN4S/c19-15-8-16(23(11-15)12-17-21-6-7-24-17)10-20-9-14-3-1-2-13-4-5-22-18(13)14/h1-7,15-16,20,22H,8-12H2/t15-,16-/m0/s1. The molecule has 0 bridgehead atoms. The summed E-state index contributed by atoms with van der Waals surface area (Å²) in [4.78, 5) is 9.83. The molecule has 1 aromatic carbocycles. The molecular weight excluding hydrogens is 323 g/mol. The first-order chi connectivity index (χ1) is 11.8. The Bertz CT molecular complexity index is 785. The van der Waals surface area contributed by atoms with Crippen molar-refractivity contribution in [1.82, 2.24) is 20.2 Å². The van der Waals surface area contributed by atoms with Crippen molar-refractivity contribution in [2.45, 2.75) is 31.7 Å². The van der Waals surface area contributed by atoms with E-state index in [2.05, 4.69) is 44.5 Å². The summed E-state index contributed by atoms with van der Waals surface area (Å²) in [6.07, 6.45) is 3.65. The van der Waals surface area contributed by atoms with Gasteiger partial charge in [-0.25, -0.2) is 9.37 Å². The molecule has 0 unspecified atom stereocenters. The van der Waals surface area contributed by atoms with Gasteiger partial charge in [-0.1, -0.05) is 18.2 Å². The monoisotopic (exact) mass is 344 g/mol. The van der Waals surface area contributed by atoms with Gasteiger partial charge in [0.2, 0.25) is 0 Å². The van der Waals surface area contributed by atoms with E-state index in [1.165, 1.54) is 16.5 Å². The lowest BCUT2D eigenvalue weighted by atomic mass is 10.1. The summed E-state index contributed by atoms with van der Waals surface area (Å²) in [5.41, 5.74) is 2.43. The molecular formula is C18H21FN4S. The molecule has 4 rings (SSSR count). The van der Waals surface area contributed by atoms with Crippen LogP contribution in [0.3, 0.4) is 0 Å². The Morgan fingerprint density at radius 3 is 3.21 bits per heavy atom. The SMILES string of the molecule is F[C@H]1C[C@@H](CNCc2cccc3cc[nH]c23)N(Cc2nccs2)C1. The Hall–Kier alpha value is -1.76. The molecule has 1 aliphatic heterocycles. The summed E-state index contributed by atoms with van der Waals surface area (Å²) in [7, 11) is 0. The molecule has 24 heavy (non-hydrogen) atoms. The number of hydrogen-bond acceptors (Lipinski definition) is 4. The van der Waals surface area contributed by atoms with Crippen LogP contribution in [0.4, 0.5) is 4.39 Å². The topological polar surface area (TPSA) is 44.0 Å². The van der Waals surface area contributed by atoms with Gasteiger partial charge < -0.3 is 10.3 Å². The minimum absolute atomic E-state index is 0.228. The lowest BCUT2D eigenvalue weighted by Crippen LogP contribution is -2.37. The third-order valence-electron chi connectivity index (χ3n) is 4.67. The summed E-state index contributed by atoms with van der Waals surface area (Å²) in [6, 6.07) is 8.63. The van der Waals surface area contributed by atoms with Crippen LogP contribution in [0.2, 0.25) is 0 Å². The van der Waals surface area contributed by atoms with Gasteiger partial charge in [0, 0.05) is 49.0 Å². The number of para-hydroxylation sites is 1. The van der Waals surface area contributed by atoms with Gasteiger partial charge in [-0.3, -0.25) is 4.90 Å². The highest BCUT2D eigenvalue weighted by Gasteiger charge is 2.32. The van der Waals surface area contributed by atoms with E-state index < -0.39 is 6.17 Å². The number of benzene rings is 1. The van der Waals surface area contributed by atoms with Crippen molar-refractivity contribution in [3.63, 3.8) is 0 Å². The number of H-pyrrole nitrogens is 1. The van der Waals surface area contributed by atoms with Crippen LogP contribution >= 0.6 is 11.3 Å². The van der Waals surface area contributed by atoms with Crippen LogP contribution in [0.1, 0.15) is 17.0 Å². The van der Waals surface area contributed by atoms with E-state index in [1.54, 1.807) is 11.3 Å². The van der Waals surface area contributed by atoms with E-state index >= 15 is 0 Å². The molecule has 0 amide bonds. The first-order valence-corrected chi connectivity index (χ1v) is 9.20. The molecule has 1 aliphatic rings. The average molecular weight is 344 g/mol. The minimum atomic E-state index is -0.733. The fraction of sp³-hybridized carbons (Fsp3) is 0.389. The molecule has 0 radical (unpaired) electrons. The van der Waals surface area contributed by atoms with E-state index in [-0.39, 0.29) is 6.04 Å². The number of fused-ring (bicyclic) bond motifs is 1. The number of aromatic amines is 1. The number of thiazole rings is 1. The van der Waals surface area contributed by atoms with Crippen molar-refractivity contribution < 1.29 is 4.39 Å². The highest BCUT2D eigenvalue weighted by molar-refractivity contribution is 7.09. The third-order valence-corrected chi connectivity index (χ3v) is 5.43. The second-order valence-electron chi connectivity index (χ2n) is 6.33. The van der Waals surface area contributed by atoms with Gasteiger partial charge in [0.1, 0.15) is 11.2 Å². The lowest BCUT2D eigenvalue weighted by molar-refractivity contribution is 0.230. The molecule has 0 spiro atoms. The fourth-order valence-corrected chi connectivity index (χ4v) is 4.14. The first kappa shape index (κ1) is 15.7. The highest BCUT2D eigenvalue weighted by atomic mass is 32.1. The van der Waals surface area contributed by atoms with Crippen LogP contribution in [-0.2, 0) is 13.1 Å². The van der Waals surface area contributed by atoms with Crippen LogP contribution in [0.15, 0.2) is 42.0 Å². The molecule has 1 saturated heterocycles. The predicted octanol–water partition coefficient (Wildman–Crippen LogP) is 3.33. The number of aromatic nitrogens is 2. The largest absolute Gasteiger partial charge is 0.361 e. The minimum Gasteiger partial charge on any atom is -0.361 e. The number of alkyl halides is 1. The van der Waals surface area contributed by atoms with E-state index in [0.717, 1.165) is 24.6 Å². The normalized spacial score (nSPS) is 21.7. The molecule has 0 aliphatic carbocycles. The van der Waals surface area contributed by atoms with E-state index in [4.69, 9.17) is 0 Å². The van der Waals surface area contributed by atoms with Gasteiger partial charge >= 0.3 is 0 Å². The van der Waals surface area contributed by atoms with Crippen LogP contribution < -0.4 is 5.32 Å². The van der Waals surface area contributed by atoms with Crippen molar-refractivity contribution >= 4 is 22.2 Å². The van der Waals surface area contributed by atoms with Crippen molar-refractivity contribution in [2.24, 2.45) is 0 Å². The van der Waals surface area contributed by atoms with E-state index in [0.29, 0.717) is 13.0 Å². The smallest absolute Gasteiger partial charge is 0.114 e. The molecule has 1 fully saturated rings. The second-order valence-corrected chi connectivity index (χ2v) is 7.31. The number of hydrogen-bond donors (Lipinski definition) is 2. The Balaban J connectivity index is 1.36. The Labute approximate surface area is 144 Å². The van der Waals surface area contributed by atoms with Crippen molar-refractivity contribution in [1.29, 1.82) is 0 Å². The van der Waals surface area contributed by atoms with Gasteiger partial charge in [-0.15, -0.1) is 11.3 Å². The van der Waals surface area contributed by atoms with Gasteiger partial charge in [-0.05, 0) is 23.4 Å². The maximum absolute atomic E-state index is 13.9. The number of halogens is 1. The molecule has 3 heterocycles. The molecule has 6 heteroatoms. The van der Waals surface area contributed by atoms with Crippen LogP contribution in [0, 0.1) is 0 Å². The van der Waals surface area contributed by atoms with Gasteiger partial charge in [0.05, 0.1) is 6.54 Å². The highest BCUT2D eigenvalue weighted by Crippen LogP contribution is 2.23. The van der Waals surface area contributed by atoms with Crippen molar-refractivity contribution in [3.05, 3.63) is 52.6 Å². The molecule has 0 saturated carbocycles. The second kappa shape index (κ2) is 7.01. The van der Waals surface area contributed by atoms with Crippen LogP contribution in [0.5, 0.6) is 0 Å². The average Bonchev–Trinajstić information content (AvgIpc) is 3.30. The molecule has 2 aromatic heterocycles.